The van der Waals surface area contributed by atoms with Gasteiger partial charge in [0.05, 0.1) is 20.5 Å². The van der Waals surface area contributed by atoms with Crippen LogP contribution in [0, 0.1) is 0 Å². The van der Waals surface area contributed by atoms with E-state index in [9.17, 15) is 19.2 Å². The average Bonchev–Trinajstić information content (AvgIpc) is 3.21. The molecule has 0 fully saturated rings. The SMILES string of the molecule is COc1ccc(CNC(=O)COC(=O)Cn2cnc3c2c(=O)n(C)c(=O)n3C)cc1OC. The Morgan fingerprint density at radius 3 is 2.47 bits per heavy atom. The summed E-state index contributed by atoms with van der Waals surface area (Å²) >= 11 is 0. The minimum atomic E-state index is -0.735. The maximum Gasteiger partial charge on any atom is 0.332 e. The van der Waals surface area contributed by atoms with Crippen LogP contribution in [0.2, 0.25) is 0 Å². The van der Waals surface area contributed by atoms with Crippen LogP contribution in [0.15, 0.2) is 34.1 Å². The van der Waals surface area contributed by atoms with Crippen LogP contribution in [-0.2, 0) is 41.5 Å². The summed E-state index contributed by atoms with van der Waals surface area (Å²) in [6.45, 7) is -0.630. The van der Waals surface area contributed by atoms with Crippen molar-refractivity contribution in [3.05, 3.63) is 50.9 Å². The lowest BCUT2D eigenvalue weighted by Crippen LogP contribution is -2.37. The van der Waals surface area contributed by atoms with Gasteiger partial charge in [-0.1, -0.05) is 6.07 Å². The molecule has 0 bridgehead atoms. The fraction of sp³-hybridized carbons (Fsp3) is 0.350. The van der Waals surface area contributed by atoms with Gasteiger partial charge in [-0.15, -0.1) is 0 Å². The van der Waals surface area contributed by atoms with Gasteiger partial charge in [0.25, 0.3) is 11.5 Å². The average molecular weight is 445 g/mol. The summed E-state index contributed by atoms with van der Waals surface area (Å²) in [5.74, 6) is -0.135. The Kier molecular flexibility index (Phi) is 6.61. The molecule has 0 spiro atoms. The first-order valence-corrected chi connectivity index (χ1v) is 9.50. The number of carbonyl (C=O) groups excluding carboxylic acids is 2. The van der Waals surface area contributed by atoms with Crippen LogP contribution in [0.25, 0.3) is 11.2 Å². The Morgan fingerprint density at radius 2 is 1.78 bits per heavy atom. The normalized spacial score (nSPS) is 10.8. The summed E-state index contributed by atoms with van der Waals surface area (Å²) in [4.78, 5) is 52.6. The number of benzene rings is 1. The second-order valence-corrected chi connectivity index (χ2v) is 6.88. The molecular formula is C20H23N5O7. The quantitative estimate of drug-likeness (QED) is 0.450. The number of methoxy groups -OCH3 is 2. The fourth-order valence-corrected chi connectivity index (χ4v) is 3.09. The summed E-state index contributed by atoms with van der Waals surface area (Å²) in [7, 11) is 5.85. The Bertz CT molecular complexity index is 1290. The smallest absolute Gasteiger partial charge is 0.332 e. The van der Waals surface area contributed by atoms with E-state index in [1.807, 2.05) is 0 Å². The Balaban J connectivity index is 1.58. The minimum Gasteiger partial charge on any atom is -0.493 e. The molecule has 0 radical (unpaired) electrons. The van der Waals surface area contributed by atoms with Crippen LogP contribution in [0.4, 0.5) is 0 Å². The molecule has 3 aromatic rings. The van der Waals surface area contributed by atoms with Crippen LogP contribution in [0.1, 0.15) is 5.56 Å². The van der Waals surface area contributed by atoms with E-state index in [0.717, 1.165) is 10.1 Å². The number of nitrogens with zero attached hydrogens (tertiary/aromatic N) is 4. The van der Waals surface area contributed by atoms with E-state index >= 15 is 0 Å². The lowest BCUT2D eigenvalue weighted by atomic mass is 10.2. The Labute approximate surface area is 181 Å². The lowest BCUT2D eigenvalue weighted by Gasteiger charge is -2.11. The number of hydrogen-bond acceptors (Lipinski definition) is 8. The second kappa shape index (κ2) is 9.37. The first-order chi connectivity index (χ1) is 15.3. The summed E-state index contributed by atoms with van der Waals surface area (Å²) in [5, 5.41) is 2.64. The zero-order chi connectivity index (χ0) is 23.4. The van der Waals surface area contributed by atoms with Crippen LogP contribution < -0.4 is 26.0 Å². The number of esters is 1. The highest BCUT2D eigenvalue weighted by Crippen LogP contribution is 2.27. The summed E-state index contributed by atoms with van der Waals surface area (Å²) in [6, 6.07) is 5.21. The highest BCUT2D eigenvalue weighted by atomic mass is 16.5. The van der Waals surface area contributed by atoms with Crippen molar-refractivity contribution in [1.82, 2.24) is 24.0 Å². The molecule has 0 aliphatic carbocycles. The van der Waals surface area contributed by atoms with Crippen molar-refractivity contribution < 1.29 is 23.8 Å². The molecule has 2 heterocycles. The van der Waals surface area contributed by atoms with Gasteiger partial charge in [0, 0.05) is 20.6 Å². The number of amides is 1. The number of imidazole rings is 1. The van der Waals surface area contributed by atoms with Gasteiger partial charge in [0.15, 0.2) is 29.3 Å². The number of aromatic nitrogens is 4. The molecule has 32 heavy (non-hydrogen) atoms. The maximum absolute atomic E-state index is 12.4. The number of hydrogen-bond donors (Lipinski definition) is 1. The highest BCUT2D eigenvalue weighted by molar-refractivity contribution is 5.81. The zero-order valence-corrected chi connectivity index (χ0v) is 18.1. The topological polar surface area (TPSA) is 136 Å². The van der Waals surface area contributed by atoms with Gasteiger partial charge in [-0.2, -0.15) is 0 Å². The monoisotopic (exact) mass is 445 g/mol. The largest absolute Gasteiger partial charge is 0.493 e. The molecule has 1 aromatic carbocycles. The number of rotatable bonds is 8. The molecule has 3 rings (SSSR count). The molecule has 0 saturated heterocycles. The van der Waals surface area contributed by atoms with Crippen LogP contribution in [0.3, 0.4) is 0 Å². The molecule has 12 nitrogen and oxygen atoms in total. The molecule has 0 unspecified atom stereocenters. The number of ether oxygens (including phenoxy) is 3. The summed E-state index contributed by atoms with van der Waals surface area (Å²) < 4.78 is 18.8. The number of nitrogens with one attached hydrogen (secondary N) is 1. The van der Waals surface area contributed by atoms with Crippen LogP contribution >= 0.6 is 0 Å². The predicted molar refractivity (Wildman–Crippen MR) is 113 cm³/mol. The van der Waals surface area contributed by atoms with Crippen molar-refractivity contribution in [3.8, 4) is 11.5 Å². The zero-order valence-electron chi connectivity index (χ0n) is 18.1. The molecule has 0 saturated carbocycles. The Morgan fingerprint density at radius 1 is 1.06 bits per heavy atom. The third-order valence-electron chi connectivity index (χ3n) is 4.82. The van der Waals surface area contributed by atoms with Crippen LogP contribution in [-0.4, -0.2) is 51.4 Å². The van der Waals surface area contributed by atoms with Gasteiger partial charge in [0.2, 0.25) is 0 Å². The van der Waals surface area contributed by atoms with Crippen molar-refractivity contribution in [2.24, 2.45) is 14.1 Å². The molecule has 12 heteroatoms. The van der Waals surface area contributed by atoms with Crippen molar-refractivity contribution in [2.75, 3.05) is 20.8 Å². The van der Waals surface area contributed by atoms with E-state index in [0.29, 0.717) is 11.5 Å². The number of fused-ring (bicyclic) bond motifs is 1. The third-order valence-corrected chi connectivity index (χ3v) is 4.82. The Hall–Kier alpha value is -4.09. The highest BCUT2D eigenvalue weighted by Gasteiger charge is 2.17. The standard InChI is InChI=1S/C20H23N5O7/c1-23-18-17(19(28)24(2)20(23)29)25(11-22-18)9-16(27)32-10-15(26)21-8-12-5-6-13(30-3)14(7-12)31-4/h5-7,11H,8-10H2,1-4H3,(H,21,26). The van der Waals surface area contributed by atoms with E-state index in [1.54, 1.807) is 18.2 Å². The molecule has 1 amide bonds. The lowest BCUT2D eigenvalue weighted by molar-refractivity contribution is -0.149. The van der Waals surface area contributed by atoms with E-state index < -0.39 is 29.7 Å². The van der Waals surface area contributed by atoms with Crippen molar-refractivity contribution in [2.45, 2.75) is 13.1 Å². The van der Waals surface area contributed by atoms with E-state index in [1.165, 1.54) is 43.8 Å². The van der Waals surface area contributed by atoms with Crippen LogP contribution in [0.5, 0.6) is 11.5 Å². The molecule has 2 aromatic heterocycles. The van der Waals surface area contributed by atoms with Gasteiger partial charge in [-0.05, 0) is 17.7 Å². The molecule has 0 aliphatic rings. The molecule has 0 atom stereocenters. The van der Waals surface area contributed by atoms with E-state index in [-0.39, 0.29) is 24.3 Å². The molecule has 1 N–H and O–H groups in total. The van der Waals surface area contributed by atoms with Gasteiger partial charge in [-0.25, -0.2) is 9.78 Å². The van der Waals surface area contributed by atoms with Gasteiger partial charge < -0.3 is 24.1 Å². The second-order valence-electron chi connectivity index (χ2n) is 6.88. The fourth-order valence-electron chi connectivity index (χ4n) is 3.09. The van der Waals surface area contributed by atoms with E-state index in [4.69, 9.17) is 14.2 Å². The molecular weight excluding hydrogens is 422 g/mol. The van der Waals surface area contributed by atoms with Crippen molar-refractivity contribution >= 4 is 23.0 Å². The first-order valence-electron chi connectivity index (χ1n) is 9.50. The van der Waals surface area contributed by atoms with E-state index in [2.05, 4.69) is 10.3 Å². The first kappa shape index (κ1) is 22.6. The number of aryl methyl sites for hydroxylation is 1. The van der Waals surface area contributed by atoms with Gasteiger partial charge in [0.1, 0.15) is 6.54 Å². The summed E-state index contributed by atoms with van der Waals surface area (Å²) in [5.41, 5.74) is -0.0979. The van der Waals surface area contributed by atoms with Crippen molar-refractivity contribution in [1.29, 1.82) is 0 Å². The minimum absolute atomic E-state index is 0.0875. The van der Waals surface area contributed by atoms with Crippen molar-refractivity contribution in [3.63, 3.8) is 0 Å². The number of carbonyl (C=O) groups is 2. The maximum atomic E-state index is 12.4. The van der Waals surface area contributed by atoms with Gasteiger partial charge in [-0.3, -0.25) is 23.5 Å². The predicted octanol–water partition coefficient (Wildman–Crippen LogP) is -0.689. The molecule has 0 aliphatic heterocycles. The molecule has 170 valence electrons. The third kappa shape index (κ3) is 4.48. The summed E-state index contributed by atoms with van der Waals surface area (Å²) in [6.07, 6.45) is 1.27. The van der Waals surface area contributed by atoms with Gasteiger partial charge >= 0.3 is 11.7 Å².